The summed E-state index contributed by atoms with van der Waals surface area (Å²) in [5.41, 5.74) is 0.685. The molecule has 0 radical (unpaired) electrons. The summed E-state index contributed by atoms with van der Waals surface area (Å²) in [5.74, 6) is 0.580. The second-order valence-electron chi connectivity index (χ2n) is 9.16. The number of hydrogen-bond acceptors (Lipinski definition) is 5. The lowest BCUT2D eigenvalue weighted by Crippen LogP contribution is -2.53. The monoisotopic (exact) mass is 492 g/mol. The van der Waals surface area contributed by atoms with Crippen molar-refractivity contribution in [1.82, 2.24) is 15.1 Å². The van der Waals surface area contributed by atoms with Crippen LogP contribution in [0.25, 0.3) is 0 Å². The van der Waals surface area contributed by atoms with Gasteiger partial charge in [0.1, 0.15) is 11.9 Å². The van der Waals surface area contributed by atoms with Gasteiger partial charge in [0.15, 0.2) is 0 Å². The third-order valence-corrected chi connectivity index (χ3v) is 6.95. The molecule has 0 aromatic heterocycles. The molecule has 0 spiro atoms. The van der Waals surface area contributed by atoms with Crippen LogP contribution in [0.5, 0.6) is 5.75 Å². The van der Waals surface area contributed by atoms with Crippen LogP contribution in [-0.2, 0) is 9.53 Å². The van der Waals surface area contributed by atoms with Crippen molar-refractivity contribution in [1.29, 1.82) is 0 Å². The molecule has 3 aliphatic rings. The van der Waals surface area contributed by atoms with Crippen molar-refractivity contribution in [3.05, 3.63) is 23.2 Å². The minimum absolute atomic E-state index is 0.0406. The Kier molecular flexibility index (Phi) is 7.70. The van der Waals surface area contributed by atoms with Crippen molar-refractivity contribution in [3.63, 3.8) is 0 Å². The number of ether oxygens (including phenoxy) is 2. The van der Waals surface area contributed by atoms with Gasteiger partial charge in [-0.1, -0.05) is 11.6 Å². The molecule has 3 heterocycles. The Morgan fingerprint density at radius 1 is 1.09 bits per heavy atom. The first-order chi connectivity index (χ1) is 16.4. The van der Waals surface area contributed by atoms with Crippen molar-refractivity contribution >= 4 is 35.3 Å². The van der Waals surface area contributed by atoms with Crippen LogP contribution in [-0.4, -0.2) is 79.3 Å². The molecule has 2 fully saturated rings. The van der Waals surface area contributed by atoms with E-state index in [1.54, 1.807) is 34.9 Å². The highest BCUT2D eigenvalue weighted by Gasteiger charge is 2.35. The van der Waals surface area contributed by atoms with E-state index in [1.807, 2.05) is 11.8 Å². The molecule has 34 heavy (non-hydrogen) atoms. The minimum Gasteiger partial charge on any atom is -0.487 e. The summed E-state index contributed by atoms with van der Waals surface area (Å²) in [5, 5.41) is 3.70. The number of urea groups is 1. The topological polar surface area (TPSA) is 91.4 Å². The van der Waals surface area contributed by atoms with Gasteiger partial charge in [0.05, 0.1) is 18.8 Å². The van der Waals surface area contributed by atoms with E-state index in [0.29, 0.717) is 68.6 Å². The quantitative estimate of drug-likeness (QED) is 0.697. The molecular weight excluding hydrogens is 460 g/mol. The molecule has 1 N–H and O–H groups in total. The van der Waals surface area contributed by atoms with Crippen molar-refractivity contribution in [2.24, 2.45) is 5.92 Å². The lowest BCUT2D eigenvalue weighted by Gasteiger charge is -2.39. The highest BCUT2D eigenvalue weighted by molar-refractivity contribution is 6.31. The number of hydrogen-bond donors (Lipinski definition) is 1. The molecule has 3 aliphatic heterocycles. The first kappa shape index (κ1) is 24.4. The minimum atomic E-state index is -0.288. The maximum atomic E-state index is 13.3. The number of fused-ring (bicyclic) bond motifs is 1. The van der Waals surface area contributed by atoms with Crippen molar-refractivity contribution < 1.29 is 23.9 Å². The van der Waals surface area contributed by atoms with Crippen LogP contribution < -0.4 is 15.0 Å². The van der Waals surface area contributed by atoms with E-state index in [9.17, 15) is 14.4 Å². The zero-order valence-corrected chi connectivity index (χ0v) is 20.6. The van der Waals surface area contributed by atoms with Gasteiger partial charge in [-0.15, -0.1) is 0 Å². The van der Waals surface area contributed by atoms with Gasteiger partial charge in [-0.25, -0.2) is 9.59 Å². The average Bonchev–Trinajstić information content (AvgIpc) is 2.84. The van der Waals surface area contributed by atoms with E-state index in [1.165, 1.54) is 0 Å². The number of halogens is 1. The van der Waals surface area contributed by atoms with Gasteiger partial charge in [-0.05, 0) is 57.7 Å². The van der Waals surface area contributed by atoms with E-state index in [-0.39, 0.29) is 36.1 Å². The van der Waals surface area contributed by atoms with E-state index in [0.717, 1.165) is 12.8 Å². The molecule has 1 atom stereocenters. The van der Waals surface area contributed by atoms with Gasteiger partial charge in [0, 0.05) is 43.2 Å². The number of piperidine rings is 2. The zero-order valence-electron chi connectivity index (χ0n) is 19.8. The first-order valence-electron chi connectivity index (χ1n) is 12.1. The van der Waals surface area contributed by atoms with Crippen molar-refractivity contribution in [3.8, 4) is 5.75 Å². The summed E-state index contributed by atoms with van der Waals surface area (Å²) in [4.78, 5) is 43.2. The van der Waals surface area contributed by atoms with Gasteiger partial charge >= 0.3 is 12.1 Å². The molecule has 10 heteroatoms. The van der Waals surface area contributed by atoms with E-state index in [4.69, 9.17) is 21.1 Å². The summed E-state index contributed by atoms with van der Waals surface area (Å²) in [6, 6.07) is 5.29. The second kappa shape index (κ2) is 10.7. The molecule has 1 aromatic carbocycles. The molecule has 9 nitrogen and oxygen atoms in total. The van der Waals surface area contributed by atoms with Gasteiger partial charge in [-0.2, -0.15) is 0 Å². The number of amides is 4. The van der Waals surface area contributed by atoms with Crippen molar-refractivity contribution in [2.75, 3.05) is 44.2 Å². The highest BCUT2D eigenvalue weighted by atomic mass is 35.5. The van der Waals surface area contributed by atoms with Crippen LogP contribution in [0.2, 0.25) is 5.02 Å². The summed E-state index contributed by atoms with van der Waals surface area (Å²) in [7, 11) is 0. The fourth-order valence-corrected chi connectivity index (χ4v) is 5.00. The number of anilines is 1. The number of nitrogens with zero attached hydrogens (tertiary/aromatic N) is 3. The molecule has 4 rings (SSSR count). The number of rotatable bonds is 3. The highest BCUT2D eigenvalue weighted by Crippen LogP contribution is 2.36. The SMILES string of the molecule is CCOC(=O)N1CCC(NC(=O)C2CCN(C(=O)N3CC(C)Oc4ccc(Cl)cc43)CC2)CC1. The predicted octanol–water partition coefficient (Wildman–Crippen LogP) is 3.50. The number of likely N-dealkylation sites (tertiary alicyclic amines) is 2. The summed E-state index contributed by atoms with van der Waals surface area (Å²) in [6.07, 6.45) is 2.29. The Balaban J connectivity index is 1.27. The zero-order chi connectivity index (χ0) is 24.2. The first-order valence-corrected chi connectivity index (χ1v) is 12.5. The fraction of sp³-hybridized carbons (Fsp3) is 0.625. The van der Waals surface area contributed by atoms with Gasteiger partial charge in [-0.3, -0.25) is 9.69 Å². The van der Waals surface area contributed by atoms with E-state index in [2.05, 4.69) is 5.32 Å². The Bertz CT molecular complexity index is 913. The van der Waals surface area contributed by atoms with Crippen LogP contribution >= 0.6 is 11.6 Å². The summed E-state index contributed by atoms with van der Waals surface area (Å²) in [6.45, 7) is 6.77. The maximum absolute atomic E-state index is 13.3. The largest absolute Gasteiger partial charge is 0.487 e. The lowest BCUT2D eigenvalue weighted by atomic mass is 9.94. The standard InChI is InChI=1S/C24H33ClN4O5/c1-3-33-24(32)28-12-8-19(9-13-28)26-22(30)17-6-10-27(11-7-17)23(31)29-15-16(2)34-21-5-4-18(25)14-20(21)29/h4-5,14,16-17,19H,3,6-13,15H2,1-2H3,(H,26,30). The Hall–Kier alpha value is -2.68. The van der Waals surface area contributed by atoms with E-state index < -0.39 is 0 Å². The molecule has 2 saturated heterocycles. The normalized spacial score (nSPS) is 21.5. The number of carbonyl (C=O) groups excluding carboxylic acids is 3. The number of benzene rings is 1. The van der Waals surface area contributed by atoms with Crippen LogP contribution in [0.15, 0.2) is 18.2 Å². The molecule has 1 aromatic rings. The van der Waals surface area contributed by atoms with Gasteiger partial charge in [0.2, 0.25) is 5.91 Å². The van der Waals surface area contributed by atoms with Gasteiger partial charge < -0.3 is 24.6 Å². The average molecular weight is 493 g/mol. The lowest BCUT2D eigenvalue weighted by molar-refractivity contribution is -0.127. The Labute approximate surface area is 205 Å². The second-order valence-corrected chi connectivity index (χ2v) is 9.60. The number of carbonyl (C=O) groups is 3. The predicted molar refractivity (Wildman–Crippen MR) is 128 cm³/mol. The van der Waals surface area contributed by atoms with Crippen LogP contribution in [0, 0.1) is 5.92 Å². The van der Waals surface area contributed by atoms with Crippen LogP contribution in [0.3, 0.4) is 0 Å². The van der Waals surface area contributed by atoms with Gasteiger partial charge in [0.25, 0.3) is 0 Å². The fourth-order valence-electron chi connectivity index (χ4n) is 4.84. The summed E-state index contributed by atoms with van der Waals surface area (Å²) >= 11 is 6.16. The Morgan fingerprint density at radius 2 is 1.76 bits per heavy atom. The van der Waals surface area contributed by atoms with Crippen LogP contribution in [0.4, 0.5) is 15.3 Å². The third kappa shape index (κ3) is 5.51. The third-order valence-electron chi connectivity index (χ3n) is 6.71. The molecule has 186 valence electrons. The number of nitrogens with one attached hydrogen (secondary N) is 1. The Morgan fingerprint density at radius 3 is 2.44 bits per heavy atom. The molecular formula is C24H33ClN4O5. The molecule has 0 bridgehead atoms. The molecule has 1 unspecified atom stereocenters. The van der Waals surface area contributed by atoms with E-state index >= 15 is 0 Å². The van der Waals surface area contributed by atoms with Crippen LogP contribution in [0.1, 0.15) is 39.5 Å². The van der Waals surface area contributed by atoms with Crippen molar-refractivity contribution in [2.45, 2.75) is 51.7 Å². The molecule has 4 amide bonds. The smallest absolute Gasteiger partial charge is 0.409 e. The molecule has 0 saturated carbocycles. The summed E-state index contributed by atoms with van der Waals surface area (Å²) < 4.78 is 10.9. The maximum Gasteiger partial charge on any atom is 0.409 e. The molecule has 0 aliphatic carbocycles.